The molecule has 82 valence electrons. The molecule has 1 aromatic heterocycles. The average molecular weight is 281 g/mol. The number of rotatable bonds is 3. The summed E-state index contributed by atoms with van der Waals surface area (Å²) < 4.78 is 29.8. The van der Waals surface area contributed by atoms with Crippen LogP contribution >= 0.6 is 15.9 Å². The molecule has 0 unspecified atom stereocenters. The van der Waals surface area contributed by atoms with E-state index < -0.39 is 17.9 Å². The Labute approximate surface area is 92.6 Å². The van der Waals surface area contributed by atoms with Gasteiger partial charge in [0, 0.05) is 10.7 Å². The number of methoxy groups -OCH3 is 1. The van der Waals surface area contributed by atoms with Gasteiger partial charge < -0.3 is 10.5 Å². The maximum absolute atomic E-state index is 12.6. The minimum atomic E-state index is -2.80. The van der Waals surface area contributed by atoms with Crippen molar-refractivity contribution in [1.82, 2.24) is 4.98 Å². The molecule has 0 spiro atoms. The molecule has 2 N–H and O–H groups in total. The number of amides is 1. The lowest BCUT2D eigenvalue weighted by atomic mass is 10.2. The van der Waals surface area contributed by atoms with Crippen LogP contribution in [-0.2, 0) is 0 Å². The van der Waals surface area contributed by atoms with Crippen molar-refractivity contribution in [2.45, 2.75) is 6.43 Å². The van der Waals surface area contributed by atoms with Gasteiger partial charge in [-0.3, -0.25) is 4.79 Å². The first-order valence-corrected chi connectivity index (χ1v) is 4.58. The molecule has 1 rings (SSSR count). The number of alkyl halides is 2. The highest BCUT2D eigenvalue weighted by molar-refractivity contribution is 9.10. The fourth-order valence-electron chi connectivity index (χ4n) is 1.01. The zero-order chi connectivity index (χ0) is 11.6. The van der Waals surface area contributed by atoms with Gasteiger partial charge in [0.05, 0.1) is 18.2 Å². The lowest BCUT2D eigenvalue weighted by Crippen LogP contribution is -2.14. The summed E-state index contributed by atoms with van der Waals surface area (Å²) in [6.07, 6.45) is -1.72. The molecule has 0 aromatic carbocycles. The summed E-state index contributed by atoms with van der Waals surface area (Å²) in [6, 6.07) is 0. The second kappa shape index (κ2) is 4.52. The first kappa shape index (κ1) is 11.8. The van der Waals surface area contributed by atoms with Crippen LogP contribution in [0.15, 0.2) is 10.7 Å². The molecule has 4 nitrogen and oxygen atoms in total. The van der Waals surface area contributed by atoms with Crippen molar-refractivity contribution in [3.05, 3.63) is 21.8 Å². The Morgan fingerprint density at radius 1 is 1.67 bits per heavy atom. The first-order chi connectivity index (χ1) is 6.99. The number of ether oxygens (including phenoxy) is 1. The van der Waals surface area contributed by atoms with Crippen LogP contribution < -0.4 is 10.5 Å². The minimum Gasteiger partial charge on any atom is -0.481 e. The van der Waals surface area contributed by atoms with Crippen molar-refractivity contribution in [1.29, 1.82) is 0 Å². The molecule has 1 amide bonds. The molecule has 0 aliphatic carbocycles. The monoisotopic (exact) mass is 280 g/mol. The van der Waals surface area contributed by atoms with Crippen LogP contribution in [0.3, 0.4) is 0 Å². The third-order valence-electron chi connectivity index (χ3n) is 1.69. The molecule has 1 heterocycles. The number of halogens is 3. The second-order valence-electron chi connectivity index (χ2n) is 2.57. The largest absolute Gasteiger partial charge is 0.481 e. The highest BCUT2D eigenvalue weighted by Gasteiger charge is 2.23. The van der Waals surface area contributed by atoms with Gasteiger partial charge in [0.1, 0.15) is 0 Å². The highest BCUT2D eigenvalue weighted by atomic mass is 79.9. The van der Waals surface area contributed by atoms with Crippen molar-refractivity contribution in [3.8, 4) is 5.88 Å². The molecular weight excluding hydrogens is 274 g/mol. The van der Waals surface area contributed by atoms with Gasteiger partial charge in [-0.25, -0.2) is 13.8 Å². The number of pyridine rings is 1. The van der Waals surface area contributed by atoms with Crippen LogP contribution in [0.2, 0.25) is 0 Å². The summed E-state index contributed by atoms with van der Waals surface area (Å²) in [5.74, 6) is -1.07. The number of aromatic nitrogens is 1. The van der Waals surface area contributed by atoms with E-state index in [1.807, 2.05) is 0 Å². The normalized spacial score (nSPS) is 10.5. The van der Waals surface area contributed by atoms with Crippen LogP contribution in [0, 0.1) is 0 Å². The zero-order valence-electron chi connectivity index (χ0n) is 7.63. The molecule has 7 heteroatoms. The predicted molar refractivity (Wildman–Crippen MR) is 52.0 cm³/mol. The van der Waals surface area contributed by atoms with E-state index in [-0.39, 0.29) is 15.9 Å². The van der Waals surface area contributed by atoms with Gasteiger partial charge >= 0.3 is 0 Å². The Bertz CT molecular complexity index is 398. The maximum atomic E-state index is 12.6. The minimum absolute atomic E-state index is 0.0862. The van der Waals surface area contributed by atoms with E-state index in [4.69, 9.17) is 5.73 Å². The van der Waals surface area contributed by atoms with Gasteiger partial charge in [0.25, 0.3) is 12.3 Å². The average Bonchev–Trinajstić information content (AvgIpc) is 2.15. The second-order valence-corrected chi connectivity index (χ2v) is 3.37. The predicted octanol–water partition coefficient (Wildman–Crippen LogP) is 1.89. The van der Waals surface area contributed by atoms with Crippen LogP contribution in [0.25, 0.3) is 0 Å². The van der Waals surface area contributed by atoms with Crippen molar-refractivity contribution >= 4 is 21.8 Å². The van der Waals surface area contributed by atoms with Crippen molar-refractivity contribution in [3.63, 3.8) is 0 Å². The van der Waals surface area contributed by atoms with Crippen LogP contribution in [0.5, 0.6) is 5.88 Å². The summed E-state index contributed by atoms with van der Waals surface area (Å²) >= 11 is 2.87. The molecule has 0 saturated carbocycles. The maximum Gasteiger partial charge on any atom is 0.270 e. The van der Waals surface area contributed by atoms with Crippen molar-refractivity contribution in [2.24, 2.45) is 5.73 Å². The van der Waals surface area contributed by atoms with Gasteiger partial charge in [-0.15, -0.1) is 0 Å². The van der Waals surface area contributed by atoms with E-state index >= 15 is 0 Å². The van der Waals surface area contributed by atoms with Gasteiger partial charge in [-0.1, -0.05) is 0 Å². The Balaban J connectivity index is 3.42. The summed E-state index contributed by atoms with van der Waals surface area (Å²) in [4.78, 5) is 14.4. The topological polar surface area (TPSA) is 65.2 Å². The molecule has 1 aromatic rings. The van der Waals surface area contributed by atoms with E-state index in [2.05, 4.69) is 25.7 Å². The molecular formula is C8H7BrF2N2O2. The van der Waals surface area contributed by atoms with Crippen LogP contribution in [0.1, 0.15) is 22.3 Å². The fourth-order valence-corrected chi connectivity index (χ4v) is 1.65. The van der Waals surface area contributed by atoms with Crippen molar-refractivity contribution in [2.75, 3.05) is 7.11 Å². The Hall–Kier alpha value is -1.24. The molecule has 15 heavy (non-hydrogen) atoms. The third-order valence-corrected chi connectivity index (χ3v) is 2.55. The van der Waals surface area contributed by atoms with Gasteiger partial charge in [0.15, 0.2) is 0 Å². The van der Waals surface area contributed by atoms with Crippen LogP contribution in [0.4, 0.5) is 8.78 Å². The quantitative estimate of drug-likeness (QED) is 0.920. The number of hydrogen-bond donors (Lipinski definition) is 1. The Morgan fingerprint density at radius 3 is 2.67 bits per heavy atom. The summed E-state index contributed by atoms with van der Waals surface area (Å²) in [5, 5.41) is 0. The Kier molecular flexibility index (Phi) is 3.57. The fraction of sp³-hybridized carbons (Fsp3) is 0.250. The lowest BCUT2D eigenvalue weighted by Gasteiger charge is -2.10. The smallest absolute Gasteiger partial charge is 0.270 e. The molecule has 0 atom stereocenters. The zero-order valence-corrected chi connectivity index (χ0v) is 9.22. The number of nitrogens with two attached hydrogens (primary N) is 1. The van der Waals surface area contributed by atoms with E-state index in [0.717, 1.165) is 6.20 Å². The van der Waals surface area contributed by atoms with Crippen LogP contribution in [-0.4, -0.2) is 18.0 Å². The van der Waals surface area contributed by atoms with Gasteiger partial charge in [0.2, 0.25) is 5.88 Å². The molecule has 0 radical (unpaired) electrons. The molecule has 0 fully saturated rings. The summed E-state index contributed by atoms with van der Waals surface area (Å²) in [7, 11) is 1.21. The number of carbonyl (C=O) groups excluding carboxylic acids is 1. The number of primary amides is 1. The van der Waals surface area contributed by atoms with E-state index in [9.17, 15) is 13.6 Å². The Morgan fingerprint density at radius 2 is 2.27 bits per heavy atom. The lowest BCUT2D eigenvalue weighted by molar-refractivity contribution is 0.0998. The van der Waals surface area contributed by atoms with Crippen molar-refractivity contribution < 1.29 is 18.3 Å². The number of carbonyl (C=O) groups is 1. The van der Waals surface area contributed by atoms with Gasteiger partial charge in [-0.05, 0) is 15.9 Å². The molecule has 0 aliphatic rings. The standard InChI is InChI=1S/C8H7BrF2N2O2/c1-15-8-4(6(10)11)5(9)3(2-13-8)7(12)14/h2,6H,1H3,(H2,12,14). The van der Waals surface area contributed by atoms with E-state index in [0.29, 0.717) is 0 Å². The molecule has 0 saturated heterocycles. The summed E-state index contributed by atoms with van der Waals surface area (Å²) in [5.41, 5.74) is 4.40. The highest BCUT2D eigenvalue weighted by Crippen LogP contribution is 2.35. The first-order valence-electron chi connectivity index (χ1n) is 3.79. The molecule has 0 bridgehead atoms. The SMILES string of the molecule is COc1ncc(C(N)=O)c(Br)c1C(F)F. The summed E-state index contributed by atoms with van der Waals surface area (Å²) in [6.45, 7) is 0. The molecule has 0 aliphatic heterocycles. The van der Waals surface area contributed by atoms with E-state index in [1.54, 1.807) is 0 Å². The third kappa shape index (κ3) is 2.23. The van der Waals surface area contributed by atoms with E-state index in [1.165, 1.54) is 7.11 Å². The van der Waals surface area contributed by atoms with Gasteiger partial charge in [-0.2, -0.15) is 0 Å². The number of nitrogens with zero attached hydrogens (tertiary/aromatic N) is 1. The number of hydrogen-bond acceptors (Lipinski definition) is 3.